The molecule has 3 rings (SSSR count). The number of benzene rings is 1. The lowest BCUT2D eigenvalue weighted by molar-refractivity contribution is 0.0705. The zero-order chi connectivity index (χ0) is 17.1. The molecule has 7 heteroatoms. The highest BCUT2D eigenvalue weighted by Gasteiger charge is 2.27. The van der Waals surface area contributed by atoms with Crippen molar-refractivity contribution in [2.24, 2.45) is 0 Å². The summed E-state index contributed by atoms with van der Waals surface area (Å²) in [4.78, 5) is 14.0. The average Bonchev–Trinajstić information content (AvgIpc) is 3.05. The first-order chi connectivity index (χ1) is 11.6. The molecule has 0 unspecified atom stereocenters. The van der Waals surface area contributed by atoms with E-state index in [4.69, 9.17) is 5.11 Å². The smallest absolute Gasteiger partial charge is 0.256 e. The normalized spacial score (nSPS) is 15.7. The first kappa shape index (κ1) is 16.6. The number of piperidine rings is 1. The number of aliphatic hydroxyl groups is 1. The van der Waals surface area contributed by atoms with Gasteiger partial charge in [-0.2, -0.15) is 5.10 Å². The van der Waals surface area contributed by atoms with Gasteiger partial charge in [-0.1, -0.05) is 0 Å². The Balaban J connectivity index is 1.67. The number of aromatic nitrogens is 2. The molecule has 0 saturated carbocycles. The number of carbonyl (C=O) groups is 1. The van der Waals surface area contributed by atoms with Gasteiger partial charge in [0.1, 0.15) is 11.6 Å². The molecular weight excluding hydrogens is 316 g/mol. The number of likely N-dealkylation sites (tertiary alicyclic amines) is 1. The maximum Gasteiger partial charge on any atom is 0.256 e. The van der Waals surface area contributed by atoms with Gasteiger partial charge in [0.15, 0.2) is 0 Å². The predicted molar refractivity (Wildman–Crippen MR) is 83.5 cm³/mol. The second kappa shape index (κ2) is 7.09. The summed E-state index contributed by atoms with van der Waals surface area (Å²) < 4.78 is 28.8. The first-order valence-corrected chi connectivity index (χ1v) is 7.97. The van der Waals surface area contributed by atoms with Crippen molar-refractivity contribution in [1.82, 2.24) is 14.7 Å². The van der Waals surface area contributed by atoms with Crippen molar-refractivity contribution in [3.8, 4) is 0 Å². The van der Waals surface area contributed by atoms with E-state index in [2.05, 4.69) is 5.10 Å². The summed E-state index contributed by atoms with van der Waals surface area (Å²) >= 11 is 0. The van der Waals surface area contributed by atoms with Crippen LogP contribution in [0.2, 0.25) is 0 Å². The molecule has 1 aliphatic rings. The van der Waals surface area contributed by atoms with E-state index in [1.165, 1.54) is 0 Å². The standard InChI is InChI=1S/C17H19F2N3O2/c18-13-1-2-15(19)14(11-13)17(24)21-7-4-12(5-8-21)16-3-6-20-22(16)9-10-23/h1-3,6,11-12,23H,4-5,7-10H2. The summed E-state index contributed by atoms with van der Waals surface area (Å²) in [6, 6.07) is 4.84. The van der Waals surface area contributed by atoms with Gasteiger partial charge in [-0.05, 0) is 37.1 Å². The Labute approximate surface area is 138 Å². The van der Waals surface area contributed by atoms with Crippen molar-refractivity contribution in [3.63, 3.8) is 0 Å². The van der Waals surface area contributed by atoms with Gasteiger partial charge >= 0.3 is 0 Å². The SMILES string of the molecule is O=C(c1cc(F)ccc1F)N1CCC(c2ccnn2CCO)CC1. The summed E-state index contributed by atoms with van der Waals surface area (Å²) in [7, 11) is 0. The molecule has 0 aliphatic carbocycles. The minimum Gasteiger partial charge on any atom is -0.394 e. The van der Waals surface area contributed by atoms with Gasteiger partial charge in [0.2, 0.25) is 0 Å². The Kier molecular flexibility index (Phi) is 4.89. The van der Waals surface area contributed by atoms with E-state index in [-0.39, 0.29) is 18.1 Å². The van der Waals surface area contributed by atoms with E-state index in [1.54, 1.807) is 15.8 Å². The zero-order valence-corrected chi connectivity index (χ0v) is 13.2. The van der Waals surface area contributed by atoms with E-state index in [1.807, 2.05) is 6.07 Å². The highest BCUT2D eigenvalue weighted by Crippen LogP contribution is 2.28. The van der Waals surface area contributed by atoms with Crippen LogP contribution in [0.25, 0.3) is 0 Å². The van der Waals surface area contributed by atoms with Crippen LogP contribution in [0.4, 0.5) is 8.78 Å². The fourth-order valence-electron chi connectivity index (χ4n) is 3.18. The van der Waals surface area contributed by atoms with E-state index in [0.717, 1.165) is 36.7 Å². The van der Waals surface area contributed by atoms with Crippen LogP contribution in [0, 0.1) is 11.6 Å². The van der Waals surface area contributed by atoms with Gasteiger partial charge in [-0.3, -0.25) is 9.48 Å². The summed E-state index contributed by atoms with van der Waals surface area (Å²) in [6.45, 7) is 1.41. The lowest BCUT2D eigenvalue weighted by atomic mass is 9.93. The van der Waals surface area contributed by atoms with Gasteiger partial charge in [0, 0.05) is 30.9 Å². The van der Waals surface area contributed by atoms with Gasteiger partial charge < -0.3 is 10.0 Å². The van der Waals surface area contributed by atoms with Crippen LogP contribution in [-0.2, 0) is 6.54 Å². The average molecular weight is 335 g/mol. The molecule has 1 saturated heterocycles. The Morgan fingerprint density at radius 3 is 2.71 bits per heavy atom. The summed E-state index contributed by atoms with van der Waals surface area (Å²) in [5.41, 5.74) is 0.812. The fraction of sp³-hybridized carbons (Fsp3) is 0.412. The lowest BCUT2D eigenvalue weighted by Gasteiger charge is -2.32. The molecule has 0 spiro atoms. The van der Waals surface area contributed by atoms with Crippen LogP contribution in [-0.4, -0.2) is 45.4 Å². The van der Waals surface area contributed by atoms with Crippen LogP contribution < -0.4 is 0 Å². The summed E-state index contributed by atoms with van der Waals surface area (Å²) in [5.74, 6) is -1.57. The van der Waals surface area contributed by atoms with E-state index in [0.29, 0.717) is 19.6 Å². The summed E-state index contributed by atoms with van der Waals surface area (Å²) in [5, 5.41) is 13.3. The number of hydrogen-bond acceptors (Lipinski definition) is 3. The molecule has 1 aliphatic heterocycles. The number of rotatable bonds is 4. The number of nitrogens with zero attached hydrogens (tertiary/aromatic N) is 3. The number of aliphatic hydroxyl groups excluding tert-OH is 1. The van der Waals surface area contributed by atoms with Crippen LogP contribution >= 0.6 is 0 Å². The monoisotopic (exact) mass is 335 g/mol. The van der Waals surface area contributed by atoms with Gasteiger partial charge in [-0.25, -0.2) is 8.78 Å². The van der Waals surface area contributed by atoms with E-state index >= 15 is 0 Å². The number of amides is 1. The molecule has 1 aromatic heterocycles. The van der Waals surface area contributed by atoms with Crippen molar-refractivity contribution in [2.45, 2.75) is 25.3 Å². The quantitative estimate of drug-likeness (QED) is 0.932. The molecule has 24 heavy (non-hydrogen) atoms. The zero-order valence-electron chi connectivity index (χ0n) is 13.2. The Morgan fingerprint density at radius 2 is 2.00 bits per heavy atom. The van der Waals surface area contributed by atoms with Crippen LogP contribution in [0.15, 0.2) is 30.5 Å². The van der Waals surface area contributed by atoms with Crippen molar-refractivity contribution >= 4 is 5.91 Å². The molecule has 1 aromatic carbocycles. The van der Waals surface area contributed by atoms with Crippen molar-refractivity contribution in [1.29, 1.82) is 0 Å². The minimum absolute atomic E-state index is 0.0187. The van der Waals surface area contributed by atoms with Gasteiger partial charge in [0.05, 0.1) is 18.7 Å². The molecule has 0 atom stereocenters. The second-order valence-corrected chi connectivity index (χ2v) is 5.89. The molecule has 1 N–H and O–H groups in total. The highest BCUT2D eigenvalue weighted by atomic mass is 19.1. The third kappa shape index (κ3) is 3.31. The van der Waals surface area contributed by atoms with Gasteiger partial charge in [0.25, 0.3) is 5.91 Å². The van der Waals surface area contributed by atoms with Crippen molar-refractivity contribution in [2.75, 3.05) is 19.7 Å². The first-order valence-electron chi connectivity index (χ1n) is 7.97. The maximum absolute atomic E-state index is 13.8. The molecule has 5 nitrogen and oxygen atoms in total. The van der Waals surface area contributed by atoms with Crippen LogP contribution in [0.3, 0.4) is 0 Å². The molecular formula is C17H19F2N3O2. The van der Waals surface area contributed by atoms with Crippen molar-refractivity contribution < 1.29 is 18.7 Å². The van der Waals surface area contributed by atoms with Gasteiger partial charge in [-0.15, -0.1) is 0 Å². The Bertz CT molecular complexity index is 724. The Hall–Kier alpha value is -2.28. The number of halogens is 2. The third-order valence-corrected chi connectivity index (χ3v) is 4.42. The maximum atomic E-state index is 13.8. The summed E-state index contributed by atoms with van der Waals surface area (Å²) in [6.07, 6.45) is 3.14. The second-order valence-electron chi connectivity index (χ2n) is 5.89. The number of hydrogen-bond donors (Lipinski definition) is 1. The minimum atomic E-state index is -0.704. The number of carbonyl (C=O) groups excluding carboxylic acids is 1. The molecule has 128 valence electrons. The van der Waals surface area contributed by atoms with Crippen LogP contribution in [0.1, 0.15) is 34.8 Å². The molecule has 2 aromatic rings. The van der Waals surface area contributed by atoms with Crippen LogP contribution in [0.5, 0.6) is 0 Å². The Morgan fingerprint density at radius 1 is 1.25 bits per heavy atom. The largest absolute Gasteiger partial charge is 0.394 e. The van der Waals surface area contributed by atoms with Crippen molar-refractivity contribution in [3.05, 3.63) is 53.4 Å². The molecule has 2 heterocycles. The third-order valence-electron chi connectivity index (χ3n) is 4.42. The van der Waals surface area contributed by atoms with E-state index < -0.39 is 17.5 Å². The topological polar surface area (TPSA) is 58.4 Å². The lowest BCUT2D eigenvalue weighted by Crippen LogP contribution is -2.38. The van der Waals surface area contributed by atoms with E-state index in [9.17, 15) is 13.6 Å². The molecule has 0 bridgehead atoms. The highest BCUT2D eigenvalue weighted by molar-refractivity contribution is 5.94. The molecule has 1 fully saturated rings. The molecule has 1 amide bonds. The molecule has 0 radical (unpaired) electrons. The predicted octanol–water partition coefficient (Wildman–Crippen LogP) is 2.17. The fourth-order valence-corrected chi connectivity index (χ4v) is 3.18.